The van der Waals surface area contributed by atoms with Gasteiger partial charge in [0.2, 0.25) is 5.88 Å². The molecule has 0 unspecified atom stereocenters. The van der Waals surface area contributed by atoms with Crippen LogP contribution < -0.4 is 10.1 Å². The second-order valence-corrected chi connectivity index (χ2v) is 5.68. The summed E-state index contributed by atoms with van der Waals surface area (Å²) >= 11 is 0. The van der Waals surface area contributed by atoms with E-state index in [-0.39, 0.29) is 11.5 Å². The second kappa shape index (κ2) is 6.19. The summed E-state index contributed by atoms with van der Waals surface area (Å²) in [4.78, 5) is 8.33. The van der Waals surface area contributed by atoms with Gasteiger partial charge in [0, 0.05) is 25.8 Å². The standard InChI is InChI=1S/C14H23N3O2/c1-11(2)19-13-8-12(16-10-17-13)15-9-14(3)4-6-18-7-5-14/h8,10-11H,4-7,9H2,1-3H3,(H,15,16,17). The van der Waals surface area contributed by atoms with E-state index in [0.717, 1.165) is 38.4 Å². The van der Waals surface area contributed by atoms with Crippen molar-refractivity contribution in [2.24, 2.45) is 5.41 Å². The maximum Gasteiger partial charge on any atom is 0.218 e. The van der Waals surface area contributed by atoms with E-state index in [0.29, 0.717) is 5.88 Å². The van der Waals surface area contributed by atoms with Crippen LogP contribution in [-0.2, 0) is 4.74 Å². The molecule has 1 aromatic rings. The Morgan fingerprint density at radius 2 is 2.11 bits per heavy atom. The molecular weight excluding hydrogens is 242 g/mol. The highest BCUT2D eigenvalue weighted by atomic mass is 16.5. The highest BCUT2D eigenvalue weighted by Crippen LogP contribution is 2.29. The van der Waals surface area contributed by atoms with Crippen molar-refractivity contribution in [3.05, 3.63) is 12.4 Å². The van der Waals surface area contributed by atoms with Gasteiger partial charge in [-0.15, -0.1) is 0 Å². The fraction of sp³-hybridized carbons (Fsp3) is 0.714. The van der Waals surface area contributed by atoms with Crippen LogP contribution in [-0.4, -0.2) is 35.8 Å². The van der Waals surface area contributed by atoms with Gasteiger partial charge in [-0.05, 0) is 32.1 Å². The Kier molecular flexibility index (Phi) is 4.58. The number of nitrogens with one attached hydrogen (secondary N) is 1. The summed E-state index contributed by atoms with van der Waals surface area (Å²) in [5.74, 6) is 1.43. The Morgan fingerprint density at radius 1 is 1.37 bits per heavy atom. The molecule has 0 bridgehead atoms. The molecule has 19 heavy (non-hydrogen) atoms. The minimum Gasteiger partial charge on any atom is -0.475 e. The summed E-state index contributed by atoms with van der Waals surface area (Å²) in [5, 5.41) is 3.38. The number of hydrogen-bond donors (Lipinski definition) is 1. The van der Waals surface area contributed by atoms with Crippen LogP contribution in [0.15, 0.2) is 12.4 Å². The molecule has 5 heteroatoms. The van der Waals surface area contributed by atoms with Gasteiger partial charge in [-0.1, -0.05) is 6.92 Å². The molecule has 0 atom stereocenters. The van der Waals surface area contributed by atoms with E-state index in [1.54, 1.807) is 0 Å². The van der Waals surface area contributed by atoms with Crippen LogP contribution in [0.4, 0.5) is 5.82 Å². The molecule has 1 saturated heterocycles. The number of anilines is 1. The number of aromatic nitrogens is 2. The van der Waals surface area contributed by atoms with Crippen LogP contribution in [0.25, 0.3) is 0 Å². The third-order valence-corrected chi connectivity index (χ3v) is 3.39. The van der Waals surface area contributed by atoms with Crippen molar-refractivity contribution in [3.8, 4) is 5.88 Å². The number of nitrogens with zero attached hydrogens (tertiary/aromatic N) is 2. The van der Waals surface area contributed by atoms with Crippen LogP contribution in [0.1, 0.15) is 33.6 Å². The van der Waals surface area contributed by atoms with Crippen molar-refractivity contribution in [1.29, 1.82) is 0 Å². The maximum absolute atomic E-state index is 5.56. The molecule has 2 rings (SSSR count). The van der Waals surface area contributed by atoms with E-state index in [1.165, 1.54) is 6.33 Å². The molecule has 0 radical (unpaired) electrons. The molecule has 0 amide bonds. The lowest BCUT2D eigenvalue weighted by atomic mass is 9.82. The topological polar surface area (TPSA) is 56.3 Å². The predicted molar refractivity (Wildman–Crippen MR) is 74.4 cm³/mol. The van der Waals surface area contributed by atoms with Crippen LogP contribution in [0.2, 0.25) is 0 Å². The largest absolute Gasteiger partial charge is 0.475 e. The van der Waals surface area contributed by atoms with E-state index in [2.05, 4.69) is 22.2 Å². The first kappa shape index (κ1) is 14.1. The fourth-order valence-electron chi connectivity index (χ4n) is 2.09. The zero-order chi connectivity index (χ0) is 13.7. The van der Waals surface area contributed by atoms with Gasteiger partial charge in [0.05, 0.1) is 6.10 Å². The van der Waals surface area contributed by atoms with Crippen LogP contribution in [0, 0.1) is 5.41 Å². The lowest BCUT2D eigenvalue weighted by Crippen LogP contribution is -2.33. The minimum absolute atomic E-state index is 0.121. The normalized spacial score (nSPS) is 18.3. The summed E-state index contributed by atoms with van der Waals surface area (Å²) in [6, 6.07) is 1.85. The van der Waals surface area contributed by atoms with Crippen molar-refractivity contribution in [1.82, 2.24) is 9.97 Å². The van der Waals surface area contributed by atoms with E-state index < -0.39 is 0 Å². The van der Waals surface area contributed by atoms with E-state index in [1.807, 2.05) is 19.9 Å². The van der Waals surface area contributed by atoms with Crippen molar-refractivity contribution in [2.75, 3.05) is 25.1 Å². The second-order valence-electron chi connectivity index (χ2n) is 5.68. The van der Waals surface area contributed by atoms with E-state index >= 15 is 0 Å². The third kappa shape index (κ3) is 4.35. The van der Waals surface area contributed by atoms with Gasteiger partial charge in [-0.2, -0.15) is 0 Å². The predicted octanol–water partition coefficient (Wildman–Crippen LogP) is 2.49. The Balaban J connectivity index is 1.91. The SMILES string of the molecule is CC(C)Oc1cc(NCC2(C)CCOCC2)ncn1. The summed E-state index contributed by atoms with van der Waals surface area (Å²) in [7, 11) is 0. The fourth-order valence-corrected chi connectivity index (χ4v) is 2.09. The molecule has 0 saturated carbocycles. The Hall–Kier alpha value is -1.36. The zero-order valence-electron chi connectivity index (χ0n) is 12.0. The molecule has 106 valence electrons. The molecule has 1 aliphatic rings. The smallest absolute Gasteiger partial charge is 0.218 e. The molecule has 2 heterocycles. The quantitative estimate of drug-likeness (QED) is 0.886. The molecule has 1 N–H and O–H groups in total. The monoisotopic (exact) mass is 265 g/mol. The molecule has 5 nitrogen and oxygen atoms in total. The Morgan fingerprint density at radius 3 is 2.79 bits per heavy atom. The zero-order valence-corrected chi connectivity index (χ0v) is 12.0. The molecule has 1 aliphatic heterocycles. The third-order valence-electron chi connectivity index (χ3n) is 3.39. The summed E-state index contributed by atoms with van der Waals surface area (Å²) in [6.07, 6.45) is 3.82. The number of hydrogen-bond acceptors (Lipinski definition) is 5. The van der Waals surface area contributed by atoms with Crippen LogP contribution in [0.5, 0.6) is 5.88 Å². The van der Waals surface area contributed by atoms with Crippen molar-refractivity contribution in [3.63, 3.8) is 0 Å². The Bertz CT molecular complexity index is 403. The van der Waals surface area contributed by atoms with Crippen LogP contribution in [0.3, 0.4) is 0 Å². The molecule has 0 aliphatic carbocycles. The lowest BCUT2D eigenvalue weighted by Gasteiger charge is -2.33. The minimum atomic E-state index is 0.121. The van der Waals surface area contributed by atoms with E-state index in [9.17, 15) is 0 Å². The average molecular weight is 265 g/mol. The lowest BCUT2D eigenvalue weighted by molar-refractivity contribution is 0.0299. The van der Waals surface area contributed by atoms with Gasteiger partial charge in [0.25, 0.3) is 0 Å². The number of ether oxygens (including phenoxy) is 2. The van der Waals surface area contributed by atoms with Gasteiger partial charge < -0.3 is 14.8 Å². The molecular formula is C14H23N3O2. The first-order valence-corrected chi connectivity index (χ1v) is 6.88. The van der Waals surface area contributed by atoms with E-state index in [4.69, 9.17) is 9.47 Å². The maximum atomic E-state index is 5.56. The molecule has 0 spiro atoms. The summed E-state index contributed by atoms with van der Waals surface area (Å²) in [5.41, 5.74) is 0.280. The summed E-state index contributed by atoms with van der Waals surface area (Å²) in [6.45, 7) is 8.85. The van der Waals surface area contributed by atoms with Crippen molar-refractivity contribution < 1.29 is 9.47 Å². The highest BCUT2D eigenvalue weighted by molar-refractivity contribution is 5.37. The van der Waals surface area contributed by atoms with Crippen molar-refractivity contribution >= 4 is 5.82 Å². The number of rotatable bonds is 5. The van der Waals surface area contributed by atoms with Crippen LogP contribution >= 0.6 is 0 Å². The highest BCUT2D eigenvalue weighted by Gasteiger charge is 2.27. The van der Waals surface area contributed by atoms with Gasteiger partial charge in [0.1, 0.15) is 12.1 Å². The molecule has 1 fully saturated rings. The Labute approximate surface area is 114 Å². The first-order valence-electron chi connectivity index (χ1n) is 6.88. The first-order chi connectivity index (χ1) is 9.07. The van der Waals surface area contributed by atoms with Gasteiger partial charge in [0.15, 0.2) is 0 Å². The van der Waals surface area contributed by atoms with Gasteiger partial charge in [-0.3, -0.25) is 0 Å². The average Bonchev–Trinajstić information content (AvgIpc) is 2.37. The molecule has 1 aromatic heterocycles. The van der Waals surface area contributed by atoms with Gasteiger partial charge in [-0.25, -0.2) is 9.97 Å². The van der Waals surface area contributed by atoms with Crippen molar-refractivity contribution in [2.45, 2.75) is 39.7 Å². The molecule has 0 aromatic carbocycles. The van der Waals surface area contributed by atoms with Gasteiger partial charge >= 0.3 is 0 Å². The summed E-state index contributed by atoms with van der Waals surface area (Å²) < 4.78 is 11.0.